The van der Waals surface area contributed by atoms with Crippen LogP contribution in [0.3, 0.4) is 0 Å². The van der Waals surface area contributed by atoms with Crippen molar-refractivity contribution in [2.75, 3.05) is 38.5 Å². The molecule has 1 fully saturated rings. The Morgan fingerprint density at radius 1 is 1.15 bits per heavy atom. The second kappa shape index (κ2) is 11.3. The first-order chi connectivity index (χ1) is 19.5. The van der Waals surface area contributed by atoms with Gasteiger partial charge < -0.3 is 20.1 Å². The molecule has 3 aromatic heterocycles. The molecular formula is C32H39FN8. The standard InChI is InChI=1S/C32H39FN8/c1-8-9-28(41-12-10-40(7)11-13-41)29-21(3)36-31(37-29)30-25-15-24(26(33)16-27(25)38-39-30)22-14-23(19-34-18-22)35-20(2)17-32(4,5)6/h8-9,14-16,18-19,35H,1-2,10-13,17H2,3-7H3,(H,36,37)(H,38,39)/b28-9+. The average Bonchev–Trinajstić information content (AvgIpc) is 3.49. The Kier molecular flexibility index (Phi) is 7.82. The summed E-state index contributed by atoms with van der Waals surface area (Å²) in [5, 5.41) is 11.6. The molecule has 8 nitrogen and oxygen atoms in total. The summed E-state index contributed by atoms with van der Waals surface area (Å²) >= 11 is 0. The molecule has 0 spiro atoms. The fourth-order valence-electron chi connectivity index (χ4n) is 5.30. The Labute approximate surface area is 241 Å². The van der Waals surface area contributed by atoms with Crippen molar-refractivity contribution in [3.05, 3.63) is 78.8 Å². The van der Waals surface area contributed by atoms with Crippen molar-refractivity contribution >= 4 is 22.3 Å². The Morgan fingerprint density at radius 3 is 2.61 bits per heavy atom. The van der Waals surface area contributed by atoms with Crippen LogP contribution in [0.1, 0.15) is 38.6 Å². The minimum absolute atomic E-state index is 0.0980. The number of pyridine rings is 1. The van der Waals surface area contributed by atoms with Gasteiger partial charge in [-0.25, -0.2) is 9.37 Å². The third kappa shape index (κ3) is 6.25. The summed E-state index contributed by atoms with van der Waals surface area (Å²) in [4.78, 5) is 17.4. The van der Waals surface area contributed by atoms with Crippen LogP contribution < -0.4 is 5.32 Å². The number of hydrogen-bond acceptors (Lipinski definition) is 6. The summed E-state index contributed by atoms with van der Waals surface area (Å²) in [7, 11) is 2.14. The highest BCUT2D eigenvalue weighted by Crippen LogP contribution is 2.34. The zero-order chi connectivity index (χ0) is 29.3. The fourth-order valence-corrected chi connectivity index (χ4v) is 5.30. The zero-order valence-corrected chi connectivity index (χ0v) is 24.6. The monoisotopic (exact) mass is 554 g/mol. The van der Waals surface area contributed by atoms with E-state index >= 15 is 4.39 Å². The van der Waals surface area contributed by atoms with E-state index in [1.807, 2.05) is 25.1 Å². The average molecular weight is 555 g/mol. The topological polar surface area (TPSA) is 88.8 Å². The van der Waals surface area contributed by atoms with Gasteiger partial charge in [0.05, 0.1) is 23.1 Å². The molecule has 9 heteroatoms. The Bertz CT molecular complexity index is 1610. The summed E-state index contributed by atoms with van der Waals surface area (Å²) in [5.74, 6) is 0.264. The molecule has 4 aromatic rings. The molecule has 41 heavy (non-hydrogen) atoms. The SMILES string of the molecule is C=C/C=C(\c1nc(-c2n[nH]c3cc(F)c(-c4cncc(NC(=C)CC(C)(C)C)c4)cc23)[nH]c1C)N1CCN(C)CC1. The van der Waals surface area contributed by atoms with E-state index in [9.17, 15) is 0 Å². The molecule has 1 saturated heterocycles. The fraction of sp³-hybridized carbons (Fsp3) is 0.344. The van der Waals surface area contributed by atoms with E-state index in [0.717, 1.165) is 66.5 Å². The maximum Gasteiger partial charge on any atom is 0.159 e. The lowest BCUT2D eigenvalue weighted by atomic mass is 9.91. The van der Waals surface area contributed by atoms with Crippen molar-refractivity contribution in [1.82, 2.24) is 34.9 Å². The number of nitrogens with one attached hydrogen (secondary N) is 3. The highest BCUT2D eigenvalue weighted by Gasteiger charge is 2.23. The predicted molar refractivity (Wildman–Crippen MR) is 166 cm³/mol. The molecule has 5 rings (SSSR count). The minimum atomic E-state index is -0.359. The summed E-state index contributed by atoms with van der Waals surface area (Å²) in [6, 6.07) is 5.18. The van der Waals surface area contributed by atoms with Crippen LogP contribution in [0, 0.1) is 18.2 Å². The van der Waals surface area contributed by atoms with E-state index in [2.05, 4.69) is 76.3 Å². The highest BCUT2D eigenvalue weighted by molar-refractivity contribution is 5.95. The van der Waals surface area contributed by atoms with E-state index in [-0.39, 0.29) is 11.2 Å². The lowest BCUT2D eigenvalue weighted by Gasteiger charge is -2.35. The van der Waals surface area contributed by atoms with Crippen molar-refractivity contribution < 1.29 is 4.39 Å². The third-order valence-corrected chi connectivity index (χ3v) is 7.24. The predicted octanol–water partition coefficient (Wildman–Crippen LogP) is 6.60. The Morgan fingerprint density at radius 2 is 1.90 bits per heavy atom. The number of imidazole rings is 1. The Balaban J connectivity index is 1.49. The van der Waals surface area contributed by atoms with Gasteiger partial charge in [-0.1, -0.05) is 40.0 Å². The molecule has 0 saturated carbocycles. The highest BCUT2D eigenvalue weighted by atomic mass is 19.1. The molecule has 0 amide bonds. The molecule has 0 atom stereocenters. The van der Waals surface area contributed by atoms with E-state index < -0.39 is 0 Å². The molecule has 214 valence electrons. The van der Waals surface area contributed by atoms with Crippen molar-refractivity contribution in [1.29, 1.82) is 0 Å². The number of aromatic nitrogens is 5. The number of nitrogens with zero attached hydrogens (tertiary/aromatic N) is 5. The molecule has 0 radical (unpaired) electrons. The van der Waals surface area contributed by atoms with Crippen LogP contribution in [0.2, 0.25) is 0 Å². The first-order valence-corrected chi connectivity index (χ1v) is 13.9. The van der Waals surface area contributed by atoms with Crippen molar-refractivity contribution in [3.8, 4) is 22.6 Å². The lowest BCUT2D eigenvalue weighted by molar-refractivity contribution is 0.207. The van der Waals surface area contributed by atoms with Crippen LogP contribution >= 0.6 is 0 Å². The van der Waals surface area contributed by atoms with Crippen LogP contribution in [0.5, 0.6) is 0 Å². The largest absolute Gasteiger partial charge is 0.367 e. The van der Waals surface area contributed by atoms with Gasteiger partial charge in [-0.15, -0.1) is 0 Å². The number of hydrogen-bond donors (Lipinski definition) is 3. The van der Waals surface area contributed by atoms with E-state index in [1.54, 1.807) is 18.5 Å². The minimum Gasteiger partial charge on any atom is -0.367 e. The van der Waals surface area contributed by atoms with Gasteiger partial charge in [0.2, 0.25) is 0 Å². The number of halogens is 1. The number of aryl methyl sites for hydroxylation is 1. The molecule has 0 bridgehead atoms. The van der Waals surface area contributed by atoms with Crippen LogP contribution in [-0.2, 0) is 0 Å². The van der Waals surface area contributed by atoms with E-state index in [1.165, 1.54) is 6.07 Å². The second-order valence-corrected chi connectivity index (χ2v) is 12.0. The van der Waals surface area contributed by atoms with Crippen molar-refractivity contribution in [2.24, 2.45) is 5.41 Å². The van der Waals surface area contributed by atoms with Crippen LogP contribution in [-0.4, -0.2) is 68.2 Å². The number of benzene rings is 1. The summed E-state index contributed by atoms with van der Waals surface area (Å²) in [6.45, 7) is 20.4. The molecule has 0 unspecified atom stereocenters. The van der Waals surface area contributed by atoms with Crippen molar-refractivity contribution in [3.63, 3.8) is 0 Å². The maximum absolute atomic E-state index is 15.4. The zero-order valence-electron chi connectivity index (χ0n) is 24.6. The molecule has 1 aliphatic rings. The first-order valence-electron chi connectivity index (χ1n) is 13.9. The number of piperazine rings is 1. The summed E-state index contributed by atoms with van der Waals surface area (Å²) < 4.78 is 15.4. The summed E-state index contributed by atoms with van der Waals surface area (Å²) in [5.41, 5.74) is 6.90. The third-order valence-electron chi connectivity index (χ3n) is 7.24. The molecule has 1 aromatic carbocycles. The molecular weight excluding hydrogens is 515 g/mol. The second-order valence-electron chi connectivity index (χ2n) is 12.0. The van der Waals surface area contributed by atoms with Crippen molar-refractivity contribution in [2.45, 2.75) is 34.1 Å². The quantitative estimate of drug-likeness (QED) is 0.213. The summed E-state index contributed by atoms with van der Waals surface area (Å²) in [6.07, 6.45) is 8.01. The molecule has 3 N–H and O–H groups in total. The van der Waals surface area contributed by atoms with Gasteiger partial charge in [-0.3, -0.25) is 10.1 Å². The van der Waals surface area contributed by atoms with Gasteiger partial charge in [0, 0.05) is 66.3 Å². The number of aromatic amines is 2. The van der Waals surface area contributed by atoms with E-state index in [0.29, 0.717) is 28.2 Å². The number of H-pyrrole nitrogens is 2. The number of fused-ring (bicyclic) bond motifs is 1. The van der Waals surface area contributed by atoms with Gasteiger partial charge in [0.1, 0.15) is 17.2 Å². The van der Waals surface area contributed by atoms with Gasteiger partial charge in [0.25, 0.3) is 0 Å². The Hall–Kier alpha value is -4.24. The number of rotatable bonds is 8. The molecule has 1 aliphatic heterocycles. The number of allylic oxidation sites excluding steroid dienone is 3. The molecule has 0 aliphatic carbocycles. The smallest absolute Gasteiger partial charge is 0.159 e. The van der Waals surface area contributed by atoms with Crippen LogP contribution in [0.25, 0.3) is 39.2 Å². The van der Waals surface area contributed by atoms with E-state index in [4.69, 9.17) is 4.98 Å². The maximum atomic E-state index is 15.4. The van der Waals surface area contributed by atoms with Crippen LogP contribution in [0.4, 0.5) is 10.1 Å². The normalized spacial score (nSPS) is 15.0. The van der Waals surface area contributed by atoms with Gasteiger partial charge in [-0.05, 0) is 44.0 Å². The number of anilines is 1. The first kappa shape index (κ1) is 28.3. The number of likely N-dealkylation sites (N-methyl/N-ethyl adjacent to an activating group) is 1. The van der Waals surface area contributed by atoms with Gasteiger partial charge in [0.15, 0.2) is 5.82 Å². The van der Waals surface area contributed by atoms with Crippen LogP contribution in [0.15, 0.2) is 61.6 Å². The van der Waals surface area contributed by atoms with Gasteiger partial charge >= 0.3 is 0 Å². The van der Waals surface area contributed by atoms with Gasteiger partial charge in [-0.2, -0.15) is 5.10 Å². The lowest BCUT2D eigenvalue weighted by Crippen LogP contribution is -2.43. The molecule has 4 heterocycles.